The Morgan fingerprint density at radius 1 is 0.811 bits per heavy atom. The summed E-state index contributed by atoms with van der Waals surface area (Å²) in [6.07, 6.45) is 3.12. The van der Waals surface area contributed by atoms with Gasteiger partial charge < -0.3 is 14.4 Å². The molecule has 183 valence electrons. The quantitative estimate of drug-likeness (QED) is 0.135. The molecule has 37 heavy (non-hydrogen) atoms. The summed E-state index contributed by atoms with van der Waals surface area (Å²) < 4.78 is 71.0. The van der Waals surface area contributed by atoms with Gasteiger partial charge in [-0.3, -0.25) is 0 Å². The molecule has 0 spiro atoms. The number of rotatable bonds is 1. The molecule has 4 aromatic heterocycles. The van der Waals surface area contributed by atoms with E-state index in [4.69, 9.17) is 12.3 Å². The molecule has 3 aromatic carbocycles. The molecule has 0 aliphatic heterocycles. The maximum absolute atomic E-state index is 8.01. The molecule has 5 heteroatoms. The van der Waals surface area contributed by atoms with Gasteiger partial charge in [0, 0.05) is 44.8 Å². The number of hydrogen-bond acceptors (Lipinski definition) is 3. The minimum atomic E-state index is -2.60. The summed E-state index contributed by atoms with van der Waals surface area (Å²) in [5.74, 6) is -0.280. The Labute approximate surface area is 242 Å². The van der Waals surface area contributed by atoms with Crippen LogP contribution in [0.5, 0.6) is 0 Å². The molecule has 4 heterocycles. The molecule has 1 radical (unpaired) electrons. The van der Waals surface area contributed by atoms with E-state index in [1.54, 1.807) is 42.6 Å². The average molecular weight is 666 g/mol. The van der Waals surface area contributed by atoms with Crippen LogP contribution in [0.1, 0.15) is 29.4 Å². The Morgan fingerprint density at radius 2 is 1.70 bits per heavy atom. The molecule has 0 unspecified atom stereocenters. The van der Waals surface area contributed by atoms with Gasteiger partial charge in [-0.15, -0.1) is 65.5 Å². The molecule has 0 atom stereocenters. The minimum absolute atomic E-state index is 0. The summed E-state index contributed by atoms with van der Waals surface area (Å²) in [4.78, 5) is 12.8. The first kappa shape index (κ1) is 16.0. The number of aryl methyl sites for hydroxylation is 3. The first-order valence-electron chi connectivity index (χ1n) is 15.7. The molecule has 0 aliphatic carbocycles. The standard InChI is InChI=1S/C20H14N3.C12H10N.Ir/c1-12-20-18-15-8-4-3-7-14(15)11-21-19(18)16-9-5-6-10-17(16)23(20)13(2)22-12;1-10-7-8-12(13-9-10)11-5-3-2-4-6-11;/h3-8,10-11H,1-2H3;2-5,7-9H,1H3;/q2*-1;/i1D3,2D3;1D3;. The van der Waals surface area contributed by atoms with E-state index >= 15 is 0 Å². The van der Waals surface area contributed by atoms with E-state index in [2.05, 4.69) is 27.1 Å². The van der Waals surface area contributed by atoms with Crippen LogP contribution in [0.3, 0.4) is 0 Å². The first-order valence-corrected chi connectivity index (χ1v) is 11.2. The number of aromatic nitrogens is 4. The van der Waals surface area contributed by atoms with Crippen LogP contribution in [-0.4, -0.2) is 19.4 Å². The Balaban J connectivity index is 0.000000209. The summed E-state index contributed by atoms with van der Waals surface area (Å²) in [7, 11) is 0. The van der Waals surface area contributed by atoms with Crippen LogP contribution in [0.15, 0.2) is 91.3 Å². The number of fused-ring (bicyclic) bond motifs is 8. The average Bonchev–Trinajstić information content (AvgIpc) is 3.44. The summed E-state index contributed by atoms with van der Waals surface area (Å²) in [6, 6.07) is 29.6. The topological polar surface area (TPSA) is 43.1 Å². The van der Waals surface area contributed by atoms with Crippen molar-refractivity contribution in [2.75, 3.05) is 0 Å². The van der Waals surface area contributed by atoms with Gasteiger partial charge in [-0.05, 0) is 59.0 Å². The Morgan fingerprint density at radius 3 is 2.49 bits per heavy atom. The van der Waals surface area contributed by atoms with Crippen LogP contribution >= 0.6 is 0 Å². The fourth-order valence-corrected chi connectivity index (χ4v) is 4.39. The SMILES string of the molecule is [2H]C([2H])([2H])c1ccc(-c2[c-]cccc2)nc1.[2H]C([2H])([2H])c1nc(C([2H])([2H])[2H])n2c3ccc[c-]c3c3ncc4ccccc4c3c12.[Ir]. The van der Waals surface area contributed by atoms with Crippen LogP contribution in [-0.2, 0) is 20.1 Å². The molecule has 0 fully saturated rings. The van der Waals surface area contributed by atoms with Gasteiger partial charge in [-0.2, -0.15) is 0 Å². The Kier molecular flexibility index (Phi) is 4.43. The molecule has 0 bridgehead atoms. The van der Waals surface area contributed by atoms with Crippen LogP contribution in [0, 0.1) is 32.7 Å². The third-order valence-corrected chi connectivity index (χ3v) is 5.97. The van der Waals surface area contributed by atoms with E-state index in [0.29, 0.717) is 21.8 Å². The smallest absolute Gasteiger partial charge is 0.102 e. The number of pyridine rings is 3. The van der Waals surface area contributed by atoms with Crippen LogP contribution in [0.4, 0.5) is 0 Å². The maximum atomic E-state index is 8.01. The fourth-order valence-electron chi connectivity index (χ4n) is 4.39. The molecular weight excluding hydrogens is 633 g/mol. The Bertz CT molecular complexity index is 2170. The van der Waals surface area contributed by atoms with Crippen molar-refractivity contribution in [3.8, 4) is 11.3 Å². The summed E-state index contributed by atoms with van der Waals surface area (Å²) >= 11 is 0. The summed E-state index contributed by atoms with van der Waals surface area (Å²) in [5.41, 5.74) is 2.93. The van der Waals surface area contributed by atoms with Gasteiger partial charge in [0.1, 0.15) is 5.82 Å². The largest absolute Gasteiger partial charge is 0.339 e. The van der Waals surface area contributed by atoms with Crippen molar-refractivity contribution in [3.63, 3.8) is 0 Å². The molecule has 0 N–H and O–H groups in total. The molecule has 0 amide bonds. The van der Waals surface area contributed by atoms with Gasteiger partial charge in [-0.1, -0.05) is 36.4 Å². The Hall–Kier alpha value is -3.92. The molecule has 4 nitrogen and oxygen atoms in total. The second-order valence-corrected chi connectivity index (χ2v) is 8.18. The predicted molar refractivity (Wildman–Crippen MR) is 147 cm³/mol. The molecule has 0 saturated carbocycles. The second kappa shape index (κ2) is 10.2. The van der Waals surface area contributed by atoms with Gasteiger partial charge in [0.2, 0.25) is 0 Å². The monoisotopic (exact) mass is 666 g/mol. The third kappa shape index (κ3) is 4.42. The second-order valence-electron chi connectivity index (χ2n) is 8.18. The normalized spacial score (nSPS) is 15.5. The van der Waals surface area contributed by atoms with E-state index < -0.39 is 20.6 Å². The van der Waals surface area contributed by atoms with Crippen molar-refractivity contribution in [1.29, 1.82) is 0 Å². The van der Waals surface area contributed by atoms with Crippen LogP contribution in [0.2, 0.25) is 0 Å². The zero-order valence-corrected chi connectivity index (χ0v) is 21.7. The van der Waals surface area contributed by atoms with Crippen molar-refractivity contribution < 1.29 is 32.4 Å². The van der Waals surface area contributed by atoms with Gasteiger partial charge in [0.15, 0.2) is 0 Å². The van der Waals surface area contributed by atoms with Crippen molar-refractivity contribution >= 4 is 38.1 Å². The van der Waals surface area contributed by atoms with Crippen molar-refractivity contribution in [2.24, 2.45) is 0 Å². The van der Waals surface area contributed by atoms with E-state index in [-0.39, 0.29) is 42.7 Å². The number of nitrogens with zero attached hydrogens (tertiary/aromatic N) is 4. The zero-order valence-electron chi connectivity index (χ0n) is 28.3. The van der Waals surface area contributed by atoms with Crippen molar-refractivity contribution in [2.45, 2.75) is 20.6 Å². The van der Waals surface area contributed by atoms with E-state index in [1.807, 2.05) is 42.5 Å². The first-order chi connectivity index (χ1) is 21.2. The van der Waals surface area contributed by atoms with Crippen LogP contribution in [0.25, 0.3) is 49.4 Å². The summed E-state index contributed by atoms with van der Waals surface area (Å²) in [5, 5.41) is 2.78. The number of imidazole rings is 1. The molecular formula is C32H24IrN4-2. The van der Waals surface area contributed by atoms with Gasteiger partial charge in [0.05, 0.1) is 11.2 Å². The molecule has 0 aliphatic rings. The van der Waals surface area contributed by atoms with Gasteiger partial charge in [0.25, 0.3) is 0 Å². The minimum Gasteiger partial charge on any atom is -0.339 e. The molecule has 7 aromatic rings. The van der Waals surface area contributed by atoms with Crippen LogP contribution < -0.4 is 0 Å². The molecule has 0 saturated heterocycles. The molecule has 7 rings (SSSR count). The number of hydrogen-bond donors (Lipinski definition) is 0. The zero-order chi connectivity index (χ0) is 32.1. The van der Waals surface area contributed by atoms with E-state index in [0.717, 1.165) is 22.0 Å². The fraction of sp³-hybridized carbons (Fsp3) is 0.0938. The van der Waals surface area contributed by atoms with E-state index in [1.165, 1.54) is 10.6 Å². The van der Waals surface area contributed by atoms with Crippen molar-refractivity contribution in [1.82, 2.24) is 19.4 Å². The number of benzene rings is 3. The van der Waals surface area contributed by atoms with Crippen molar-refractivity contribution in [3.05, 3.63) is 120 Å². The third-order valence-electron chi connectivity index (χ3n) is 5.97. The van der Waals surface area contributed by atoms with Gasteiger partial charge >= 0.3 is 0 Å². The predicted octanol–water partition coefficient (Wildman–Crippen LogP) is 7.46. The van der Waals surface area contributed by atoms with Gasteiger partial charge in [-0.25, -0.2) is 4.98 Å². The summed E-state index contributed by atoms with van der Waals surface area (Å²) in [6.45, 7) is -7.28. The maximum Gasteiger partial charge on any atom is 0.102 e. The van der Waals surface area contributed by atoms with E-state index in [9.17, 15) is 0 Å².